The molecule has 4 atom stereocenters. The van der Waals surface area contributed by atoms with Crippen molar-refractivity contribution in [2.24, 2.45) is 0 Å². The van der Waals surface area contributed by atoms with Gasteiger partial charge in [0.15, 0.2) is 5.58 Å². The van der Waals surface area contributed by atoms with Crippen molar-refractivity contribution in [2.75, 3.05) is 11.9 Å². The lowest BCUT2D eigenvalue weighted by molar-refractivity contribution is -0.139. The minimum atomic E-state index is -0.471. The van der Waals surface area contributed by atoms with Crippen molar-refractivity contribution in [3.63, 3.8) is 0 Å². The second-order valence-electron chi connectivity index (χ2n) is 12.4. The van der Waals surface area contributed by atoms with Gasteiger partial charge >= 0.3 is 0 Å². The number of aromatic amines is 1. The number of rotatable bonds is 8. The molecule has 9 heteroatoms. The molecule has 1 aliphatic carbocycles. The highest BCUT2D eigenvalue weighted by atomic mass is 16.3. The molecule has 1 aliphatic heterocycles. The summed E-state index contributed by atoms with van der Waals surface area (Å²) in [5.41, 5.74) is 4.51. The number of nitrogens with one attached hydrogen (secondary N) is 3. The third-order valence-electron chi connectivity index (χ3n) is 9.25. The van der Waals surface area contributed by atoms with Gasteiger partial charge < -0.3 is 24.9 Å². The van der Waals surface area contributed by atoms with Crippen LogP contribution in [0.15, 0.2) is 89.3 Å². The second-order valence-corrected chi connectivity index (χ2v) is 12.4. The van der Waals surface area contributed by atoms with E-state index in [4.69, 9.17) is 9.40 Å². The first-order valence-electron chi connectivity index (χ1n) is 16.2. The van der Waals surface area contributed by atoms with Crippen LogP contribution >= 0.6 is 0 Å². The first-order chi connectivity index (χ1) is 22.8. The molecule has 1 saturated heterocycles. The number of benzene rings is 3. The summed E-state index contributed by atoms with van der Waals surface area (Å²) in [6, 6.07) is 26.1. The molecule has 47 heavy (non-hydrogen) atoms. The summed E-state index contributed by atoms with van der Waals surface area (Å²) >= 11 is 0. The van der Waals surface area contributed by atoms with Gasteiger partial charge in [-0.15, -0.1) is 0 Å². The summed E-state index contributed by atoms with van der Waals surface area (Å²) in [7, 11) is 0. The zero-order valence-electron chi connectivity index (χ0n) is 26.4. The topological polar surface area (TPSA) is 120 Å². The molecule has 238 valence electrons. The van der Waals surface area contributed by atoms with E-state index in [1.165, 1.54) is 0 Å². The first kappa shape index (κ1) is 30.2. The number of amides is 3. The number of nitrogens with zero attached hydrogens (tertiary/aromatic N) is 2. The maximum Gasteiger partial charge on any atom is 0.244 e. The van der Waals surface area contributed by atoms with Gasteiger partial charge in [0.05, 0.1) is 17.9 Å². The van der Waals surface area contributed by atoms with Gasteiger partial charge in [0.25, 0.3) is 0 Å². The number of carbonyl (C=O) groups excluding carboxylic acids is 3. The fraction of sp³-hybridized carbons (Fsp3) is 0.263. The van der Waals surface area contributed by atoms with Crippen LogP contribution in [-0.4, -0.2) is 51.2 Å². The van der Waals surface area contributed by atoms with Crippen molar-refractivity contribution in [2.45, 2.75) is 57.0 Å². The minimum Gasteiger partial charge on any atom is -0.435 e. The lowest BCUT2D eigenvalue weighted by Crippen LogP contribution is -2.50. The molecular weight excluding hydrogens is 590 g/mol. The maximum absolute atomic E-state index is 13.4. The molecule has 1 fully saturated rings. The Kier molecular flexibility index (Phi) is 8.20. The third kappa shape index (κ3) is 6.21. The molecule has 4 unspecified atom stereocenters. The summed E-state index contributed by atoms with van der Waals surface area (Å²) < 4.78 is 6.06. The number of hydrogen-bond acceptors (Lipinski definition) is 5. The molecule has 3 heterocycles. The van der Waals surface area contributed by atoms with E-state index in [-0.39, 0.29) is 35.6 Å². The SMILES string of the molecule is CC(C(=O)Nc1ccc2oc(-c3cc4c([nH]3)=CCC(NC(=O)C3CCCN3C(=O)C(C)c3ccccc3)C=4)nc2c1)c1ccccc1. The molecule has 0 radical (unpaired) electrons. The second kappa shape index (κ2) is 12.7. The Morgan fingerprint density at radius 1 is 0.936 bits per heavy atom. The van der Waals surface area contributed by atoms with E-state index in [2.05, 4.69) is 21.7 Å². The summed E-state index contributed by atoms with van der Waals surface area (Å²) in [6.45, 7) is 4.37. The minimum absolute atomic E-state index is 0.0137. The van der Waals surface area contributed by atoms with Crippen LogP contribution in [0.5, 0.6) is 0 Å². The van der Waals surface area contributed by atoms with Crippen molar-refractivity contribution in [1.29, 1.82) is 0 Å². The monoisotopic (exact) mass is 627 g/mol. The van der Waals surface area contributed by atoms with E-state index in [1.807, 2.05) is 98.8 Å². The van der Waals surface area contributed by atoms with Crippen molar-refractivity contribution in [3.05, 3.63) is 107 Å². The largest absolute Gasteiger partial charge is 0.435 e. The van der Waals surface area contributed by atoms with Crippen molar-refractivity contribution < 1.29 is 18.8 Å². The van der Waals surface area contributed by atoms with Gasteiger partial charge in [0.1, 0.15) is 17.3 Å². The summed E-state index contributed by atoms with van der Waals surface area (Å²) in [5.74, 6) is -0.400. The van der Waals surface area contributed by atoms with Gasteiger partial charge in [0, 0.05) is 17.6 Å². The Morgan fingerprint density at radius 2 is 1.66 bits per heavy atom. The molecule has 3 aromatic carbocycles. The zero-order chi connectivity index (χ0) is 32.5. The lowest BCUT2D eigenvalue weighted by atomic mass is 9.99. The molecule has 3 amide bonds. The Balaban J connectivity index is 1.03. The van der Waals surface area contributed by atoms with Gasteiger partial charge in [0.2, 0.25) is 23.6 Å². The number of likely N-dealkylation sites (tertiary alicyclic amines) is 1. The maximum atomic E-state index is 13.4. The molecule has 2 aromatic heterocycles. The van der Waals surface area contributed by atoms with Crippen molar-refractivity contribution >= 4 is 46.7 Å². The molecule has 9 nitrogen and oxygen atoms in total. The molecule has 0 spiro atoms. The highest BCUT2D eigenvalue weighted by molar-refractivity contribution is 5.97. The Labute approximate surface area is 272 Å². The fourth-order valence-electron chi connectivity index (χ4n) is 6.52. The molecular formula is C38H37N5O4. The zero-order valence-corrected chi connectivity index (χ0v) is 26.4. The van der Waals surface area contributed by atoms with Crippen LogP contribution in [0.4, 0.5) is 5.69 Å². The molecule has 2 aliphatic rings. The Hall–Kier alpha value is -5.44. The number of H-pyrrole nitrogens is 1. The smallest absolute Gasteiger partial charge is 0.244 e. The Morgan fingerprint density at radius 3 is 2.40 bits per heavy atom. The van der Waals surface area contributed by atoms with Crippen LogP contribution in [0, 0.1) is 0 Å². The normalized spacial score (nSPS) is 18.5. The number of carbonyl (C=O) groups is 3. The molecule has 0 bridgehead atoms. The number of anilines is 1. The molecule has 3 N–H and O–H groups in total. The van der Waals surface area contributed by atoms with E-state index in [0.717, 1.165) is 33.8 Å². The highest BCUT2D eigenvalue weighted by Crippen LogP contribution is 2.27. The molecule has 0 saturated carbocycles. The standard InChI is InChI=1S/C38H37N5O4/c1-23(25-10-5-3-6-11-25)35(44)39-29-16-18-34-31(22-29)42-37(47-34)32-21-27-20-28(15-17-30(27)41-32)40-36(45)33-14-9-19-43(33)38(46)24(2)26-12-7-4-8-13-26/h3-8,10-13,16-18,20-24,28,33,41H,9,14-15,19H2,1-2H3,(H,39,44)(H,40,45). The Bertz CT molecular complexity index is 2070. The molecule has 5 aromatic rings. The number of oxazole rings is 1. The van der Waals surface area contributed by atoms with E-state index >= 15 is 0 Å². The quantitative estimate of drug-likeness (QED) is 0.228. The number of aromatic nitrogens is 2. The van der Waals surface area contributed by atoms with Crippen molar-refractivity contribution in [3.8, 4) is 11.6 Å². The predicted molar refractivity (Wildman–Crippen MR) is 182 cm³/mol. The number of hydrogen-bond donors (Lipinski definition) is 3. The summed E-state index contributed by atoms with van der Waals surface area (Å²) in [6.07, 6.45) is 6.18. The van der Waals surface area contributed by atoms with Crippen LogP contribution in [0.3, 0.4) is 0 Å². The van der Waals surface area contributed by atoms with Crippen LogP contribution in [0.25, 0.3) is 34.8 Å². The van der Waals surface area contributed by atoms with Crippen LogP contribution in [0.1, 0.15) is 56.1 Å². The average molecular weight is 628 g/mol. The van der Waals surface area contributed by atoms with E-state index < -0.39 is 6.04 Å². The van der Waals surface area contributed by atoms with Crippen LogP contribution in [0.2, 0.25) is 0 Å². The lowest BCUT2D eigenvalue weighted by Gasteiger charge is -2.28. The van der Waals surface area contributed by atoms with Gasteiger partial charge in [-0.2, -0.15) is 0 Å². The highest BCUT2D eigenvalue weighted by Gasteiger charge is 2.36. The van der Waals surface area contributed by atoms with Gasteiger partial charge in [-0.25, -0.2) is 4.98 Å². The van der Waals surface area contributed by atoms with Crippen molar-refractivity contribution in [1.82, 2.24) is 20.2 Å². The van der Waals surface area contributed by atoms with Gasteiger partial charge in [-0.1, -0.05) is 72.8 Å². The van der Waals surface area contributed by atoms with E-state index in [1.54, 1.807) is 11.0 Å². The summed E-state index contributed by atoms with van der Waals surface area (Å²) in [4.78, 5) is 49.5. The fourth-order valence-corrected chi connectivity index (χ4v) is 6.52. The summed E-state index contributed by atoms with van der Waals surface area (Å²) in [5, 5.41) is 8.04. The predicted octanol–water partition coefficient (Wildman–Crippen LogP) is 4.81. The third-order valence-corrected chi connectivity index (χ3v) is 9.25. The van der Waals surface area contributed by atoms with E-state index in [0.29, 0.717) is 42.1 Å². The van der Waals surface area contributed by atoms with Gasteiger partial charge in [-0.05, 0) is 73.7 Å². The van der Waals surface area contributed by atoms with Crippen LogP contribution < -0.4 is 21.2 Å². The number of fused-ring (bicyclic) bond motifs is 2. The van der Waals surface area contributed by atoms with Crippen LogP contribution in [-0.2, 0) is 14.4 Å². The van der Waals surface area contributed by atoms with Gasteiger partial charge in [-0.3, -0.25) is 14.4 Å². The van der Waals surface area contributed by atoms with E-state index in [9.17, 15) is 14.4 Å². The average Bonchev–Trinajstić information content (AvgIpc) is 3.86. The molecule has 7 rings (SSSR count). The first-order valence-corrected chi connectivity index (χ1v) is 16.2.